The standard InChI is InChI=1S/C18H31N5O3.HI/c1-18(2,3)26-17(25)22-12-11-21-16(19-4)20-10-6-8-14-23-13-7-5-9-15(23)24;/h5,7,9,13H,6,8,10-12,14H2,1-4H3,(H,22,25)(H2,19,20,21);1H. The summed E-state index contributed by atoms with van der Waals surface area (Å²) in [5.74, 6) is 0.674. The number of nitrogens with zero attached hydrogens (tertiary/aromatic N) is 2. The van der Waals surface area contributed by atoms with Gasteiger partial charge in [0, 0.05) is 45.5 Å². The van der Waals surface area contributed by atoms with Gasteiger partial charge in [-0.1, -0.05) is 6.07 Å². The monoisotopic (exact) mass is 493 g/mol. The Labute approximate surface area is 178 Å². The highest BCUT2D eigenvalue weighted by Gasteiger charge is 2.15. The van der Waals surface area contributed by atoms with E-state index in [-0.39, 0.29) is 29.5 Å². The number of amides is 1. The van der Waals surface area contributed by atoms with E-state index in [1.807, 2.05) is 26.8 Å². The van der Waals surface area contributed by atoms with E-state index in [1.54, 1.807) is 29.9 Å². The number of carbonyl (C=O) groups is 1. The largest absolute Gasteiger partial charge is 0.444 e. The van der Waals surface area contributed by atoms with Crippen molar-refractivity contribution in [1.82, 2.24) is 20.5 Å². The van der Waals surface area contributed by atoms with Gasteiger partial charge in [0.2, 0.25) is 5.56 Å². The molecule has 1 amide bonds. The number of ether oxygens (including phenoxy) is 1. The zero-order valence-electron chi connectivity index (χ0n) is 16.6. The minimum absolute atomic E-state index is 0. The highest BCUT2D eigenvalue weighted by atomic mass is 127. The first-order chi connectivity index (χ1) is 12.3. The van der Waals surface area contributed by atoms with Crippen LogP contribution in [-0.2, 0) is 11.3 Å². The molecule has 8 nitrogen and oxygen atoms in total. The van der Waals surface area contributed by atoms with Crippen molar-refractivity contribution in [3.05, 3.63) is 34.7 Å². The molecule has 1 aromatic rings. The quantitative estimate of drug-likeness (QED) is 0.223. The van der Waals surface area contributed by atoms with E-state index in [2.05, 4.69) is 20.9 Å². The minimum atomic E-state index is -0.500. The molecule has 0 bridgehead atoms. The molecule has 0 aromatic carbocycles. The summed E-state index contributed by atoms with van der Waals surface area (Å²) in [4.78, 5) is 27.2. The summed E-state index contributed by atoms with van der Waals surface area (Å²) in [5, 5.41) is 9.00. The minimum Gasteiger partial charge on any atom is -0.444 e. The molecule has 0 unspecified atom stereocenters. The first kappa shape index (κ1) is 25.2. The van der Waals surface area contributed by atoms with Crippen LogP contribution in [0.1, 0.15) is 33.6 Å². The van der Waals surface area contributed by atoms with E-state index in [9.17, 15) is 9.59 Å². The van der Waals surface area contributed by atoms with Crippen molar-refractivity contribution in [2.75, 3.05) is 26.7 Å². The normalized spacial score (nSPS) is 11.3. The number of nitrogens with one attached hydrogen (secondary N) is 3. The molecule has 0 aliphatic heterocycles. The van der Waals surface area contributed by atoms with E-state index in [1.165, 1.54) is 0 Å². The molecular formula is C18H32IN5O3. The van der Waals surface area contributed by atoms with Crippen molar-refractivity contribution in [2.45, 2.75) is 45.8 Å². The molecule has 1 rings (SSSR count). The first-order valence-corrected chi connectivity index (χ1v) is 8.88. The predicted molar refractivity (Wildman–Crippen MR) is 119 cm³/mol. The lowest BCUT2D eigenvalue weighted by atomic mass is 10.2. The topological polar surface area (TPSA) is 96.8 Å². The Kier molecular flexibility index (Phi) is 12.5. The van der Waals surface area contributed by atoms with Crippen LogP contribution >= 0.6 is 24.0 Å². The Hall–Kier alpha value is -1.78. The second kappa shape index (κ2) is 13.4. The molecule has 0 saturated heterocycles. The first-order valence-electron chi connectivity index (χ1n) is 8.88. The fourth-order valence-corrected chi connectivity index (χ4v) is 2.14. The van der Waals surface area contributed by atoms with Crippen LogP contribution in [0.3, 0.4) is 0 Å². The lowest BCUT2D eigenvalue weighted by molar-refractivity contribution is 0.0529. The number of pyridine rings is 1. The number of aromatic nitrogens is 1. The van der Waals surface area contributed by atoms with Gasteiger partial charge in [-0.2, -0.15) is 0 Å². The molecular weight excluding hydrogens is 461 g/mol. The zero-order chi connectivity index (χ0) is 19.4. The summed E-state index contributed by atoms with van der Waals surface area (Å²) in [7, 11) is 1.69. The lowest BCUT2D eigenvalue weighted by Gasteiger charge is -2.19. The van der Waals surface area contributed by atoms with E-state index < -0.39 is 11.7 Å². The fourth-order valence-electron chi connectivity index (χ4n) is 2.14. The highest BCUT2D eigenvalue weighted by molar-refractivity contribution is 14.0. The molecule has 1 aromatic heterocycles. The summed E-state index contributed by atoms with van der Waals surface area (Å²) in [6, 6.07) is 5.17. The number of hydrogen-bond acceptors (Lipinski definition) is 4. The van der Waals surface area contributed by atoms with Gasteiger partial charge in [-0.15, -0.1) is 24.0 Å². The average Bonchev–Trinajstić information content (AvgIpc) is 2.56. The molecule has 0 aliphatic carbocycles. The maximum Gasteiger partial charge on any atom is 0.407 e. The zero-order valence-corrected chi connectivity index (χ0v) is 18.9. The molecule has 0 saturated carbocycles. The van der Waals surface area contributed by atoms with Crippen LogP contribution < -0.4 is 21.5 Å². The summed E-state index contributed by atoms with van der Waals surface area (Å²) in [6.45, 7) is 7.90. The van der Waals surface area contributed by atoms with Gasteiger partial charge in [-0.05, 0) is 39.7 Å². The number of aryl methyl sites for hydroxylation is 1. The third-order valence-corrected chi connectivity index (χ3v) is 3.33. The van der Waals surface area contributed by atoms with Crippen molar-refractivity contribution < 1.29 is 9.53 Å². The van der Waals surface area contributed by atoms with Crippen LogP contribution in [0.15, 0.2) is 34.2 Å². The van der Waals surface area contributed by atoms with Gasteiger partial charge in [0.15, 0.2) is 5.96 Å². The van der Waals surface area contributed by atoms with Crippen molar-refractivity contribution in [1.29, 1.82) is 0 Å². The molecule has 0 fully saturated rings. The number of carbonyl (C=O) groups excluding carboxylic acids is 1. The Bertz CT molecular complexity index is 640. The second-order valence-electron chi connectivity index (χ2n) is 6.79. The van der Waals surface area contributed by atoms with Gasteiger partial charge in [0.25, 0.3) is 0 Å². The van der Waals surface area contributed by atoms with E-state index in [0.29, 0.717) is 25.6 Å². The van der Waals surface area contributed by atoms with Gasteiger partial charge in [0.1, 0.15) is 5.60 Å². The third kappa shape index (κ3) is 12.3. The number of alkyl carbamates (subject to hydrolysis) is 1. The Morgan fingerprint density at radius 2 is 1.78 bits per heavy atom. The number of guanidine groups is 1. The Morgan fingerprint density at radius 1 is 1.11 bits per heavy atom. The predicted octanol–water partition coefficient (Wildman–Crippen LogP) is 1.94. The van der Waals surface area contributed by atoms with Crippen molar-refractivity contribution in [2.24, 2.45) is 4.99 Å². The summed E-state index contributed by atoms with van der Waals surface area (Å²) < 4.78 is 6.86. The number of halogens is 1. The second-order valence-corrected chi connectivity index (χ2v) is 6.79. The fraction of sp³-hybridized carbons (Fsp3) is 0.611. The SMILES string of the molecule is CN=C(NCCCCn1ccccc1=O)NCCNC(=O)OC(C)(C)C.I. The molecule has 27 heavy (non-hydrogen) atoms. The molecule has 3 N–H and O–H groups in total. The van der Waals surface area contributed by atoms with Crippen LogP contribution in [0.4, 0.5) is 4.79 Å². The average molecular weight is 493 g/mol. The smallest absolute Gasteiger partial charge is 0.407 e. The van der Waals surface area contributed by atoms with Gasteiger partial charge >= 0.3 is 6.09 Å². The van der Waals surface area contributed by atoms with Crippen LogP contribution in [0, 0.1) is 0 Å². The van der Waals surface area contributed by atoms with E-state index in [0.717, 1.165) is 19.4 Å². The van der Waals surface area contributed by atoms with Crippen molar-refractivity contribution in [3.63, 3.8) is 0 Å². The highest BCUT2D eigenvalue weighted by Crippen LogP contribution is 2.05. The van der Waals surface area contributed by atoms with Crippen LogP contribution in [-0.4, -0.2) is 48.9 Å². The van der Waals surface area contributed by atoms with Crippen LogP contribution in [0.2, 0.25) is 0 Å². The maximum absolute atomic E-state index is 11.6. The number of aliphatic imine (C=N–C) groups is 1. The van der Waals surface area contributed by atoms with Crippen LogP contribution in [0.5, 0.6) is 0 Å². The summed E-state index contributed by atoms with van der Waals surface area (Å²) in [5.41, 5.74) is -0.476. The van der Waals surface area contributed by atoms with Crippen molar-refractivity contribution >= 4 is 36.0 Å². The molecule has 0 spiro atoms. The van der Waals surface area contributed by atoms with E-state index >= 15 is 0 Å². The molecule has 0 radical (unpaired) electrons. The summed E-state index contributed by atoms with van der Waals surface area (Å²) in [6.07, 6.45) is 3.18. The number of rotatable bonds is 8. The maximum atomic E-state index is 11.6. The Balaban J connectivity index is 0.00000676. The number of hydrogen-bond donors (Lipinski definition) is 3. The Morgan fingerprint density at radius 3 is 2.41 bits per heavy atom. The number of unbranched alkanes of at least 4 members (excludes halogenated alkanes) is 1. The molecule has 1 heterocycles. The molecule has 154 valence electrons. The van der Waals surface area contributed by atoms with Crippen molar-refractivity contribution in [3.8, 4) is 0 Å². The van der Waals surface area contributed by atoms with Gasteiger partial charge in [0.05, 0.1) is 0 Å². The lowest BCUT2D eigenvalue weighted by Crippen LogP contribution is -2.42. The third-order valence-electron chi connectivity index (χ3n) is 3.33. The molecule has 0 atom stereocenters. The van der Waals surface area contributed by atoms with Crippen LogP contribution in [0.25, 0.3) is 0 Å². The molecule has 9 heteroatoms. The van der Waals surface area contributed by atoms with Gasteiger partial charge in [-0.25, -0.2) is 4.79 Å². The van der Waals surface area contributed by atoms with Gasteiger partial charge in [-0.3, -0.25) is 9.79 Å². The summed E-state index contributed by atoms with van der Waals surface area (Å²) >= 11 is 0. The molecule has 0 aliphatic rings. The van der Waals surface area contributed by atoms with Gasteiger partial charge < -0.3 is 25.3 Å². The van der Waals surface area contributed by atoms with E-state index in [4.69, 9.17) is 4.74 Å².